The summed E-state index contributed by atoms with van der Waals surface area (Å²) in [6, 6.07) is 11.1. The molecule has 156 valence electrons. The molecule has 2 aromatic rings. The highest BCUT2D eigenvalue weighted by molar-refractivity contribution is 7.12. The van der Waals surface area contributed by atoms with Crippen molar-refractivity contribution in [3.05, 3.63) is 52.2 Å². The topological polar surface area (TPSA) is 84.5 Å². The molecule has 1 atom stereocenters. The van der Waals surface area contributed by atoms with Gasteiger partial charge in [0, 0.05) is 25.8 Å². The fraction of sp³-hybridized carbons (Fsp3) is 0.409. The standard InChI is InChI=1S/C22H28N2O4S/c1-15(2)22(16-6-8-17(28-3)9-7-16)24-21(27)12-13-23-20(26)11-10-18(25)19-5-4-14-29-19/h4-9,14-15,22H,10-13H2,1-3H3,(H,23,26)(H,24,27). The predicted molar refractivity (Wildman–Crippen MR) is 114 cm³/mol. The zero-order valence-corrected chi connectivity index (χ0v) is 17.9. The molecule has 0 spiro atoms. The van der Waals surface area contributed by atoms with Crippen LogP contribution in [0.3, 0.4) is 0 Å². The molecule has 0 aliphatic rings. The van der Waals surface area contributed by atoms with Crippen molar-refractivity contribution >= 4 is 28.9 Å². The average Bonchev–Trinajstić information content (AvgIpc) is 3.25. The first-order chi connectivity index (χ1) is 13.9. The summed E-state index contributed by atoms with van der Waals surface area (Å²) in [6.45, 7) is 4.33. The van der Waals surface area contributed by atoms with Gasteiger partial charge < -0.3 is 15.4 Å². The van der Waals surface area contributed by atoms with Crippen LogP contribution >= 0.6 is 11.3 Å². The Labute approximate surface area is 175 Å². The summed E-state index contributed by atoms with van der Waals surface area (Å²) in [5, 5.41) is 7.57. The molecule has 7 heteroatoms. The minimum atomic E-state index is -0.224. The van der Waals surface area contributed by atoms with E-state index in [2.05, 4.69) is 10.6 Å². The minimum absolute atomic E-state index is 0.0350. The molecule has 0 saturated heterocycles. The lowest BCUT2D eigenvalue weighted by Crippen LogP contribution is -2.34. The van der Waals surface area contributed by atoms with Crippen LogP contribution in [0.2, 0.25) is 0 Å². The van der Waals surface area contributed by atoms with Gasteiger partial charge in [-0.15, -0.1) is 11.3 Å². The highest BCUT2D eigenvalue weighted by atomic mass is 32.1. The Balaban J connectivity index is 1.74. The molecular weight excluding hydrogens is 388 g/mol. The Kier molecular flexibility index (Phi) is 8.86. The summed E-state index contributed by atoms with van der Waals surface area (Å²) in [7, 11) is 1.61. The molecule has 0 saturated carbocycles. The second-order valence-corrected chi connectivity index (χ2v) is 8.01. The van der Waals surface area contributed by atoms with E-state index in [1.54, 1.807) is 13.2 Å². The van der Waals surface area contributed by atoms with Gasteiger partial charge in [-0.25, -0.2) is 0 Å². The van der Waals surface area contributed by atoms with Gasteiger partial charge in [-0.3, -0.25) is 14.4 Å². The fourth-order valence-electron chi connectivity index (χ4n) is 2.88. The number of rotatable bonds is 11. The van der Waals surface area contributed by atoms with Crippen LogP contribution < -0.4 is 15.4 Å². The van der Waals surface area contributed by atoms with Crippen molar-refractivity contribution in [2.75, 3.05) is 13.7 Å². The quantitative estimate of drug-likeness (QED) is 0.547. The zero-order valence-electron chi connectivity index (χ0n) is 17.1. The van der Waals surface area contributed by atoms with Gasteiger partial charge in [0.1, 0.15) is 5.75 Å². The number of benzene rings is 1. The number of ether oxygens (including phenoxy) is 1. The van der Waals surface area contributed by atoms with Gasteiger partial charge in [-0.2, -0.15) is 0 Å². The van der Waals surface area contributed by atoms with Gasteiger partial charge in [0.15, 0.2) is 5.78 Å². The monoisotopic (exact) mass is 416 g/mol. The molecule has 29 heavy (non-hydrogen) atoms. The number of methoxy groups -OCH3 is 1. The third-order valence-corrected chi connectivity index (χ3v) is 5.42. The van der Waals surface area contributed by atoms with E-state index in [0.717, 1.165) is 11.3 Å². The molecule has 2 amide bonds. The van der Waals surface area contributed by atoms with E-state index in [9.17, 15) is 14.4 Å². The van der Waals surface area contributed by atoms with E-state index in [-0.39, 0.29) is 55.4 Å². The number of ketones is 1. The number of amides is 2. The van der Waals surface area contributed by atoms with Crippen LogP contribution in [-0.2, 0) is 9.59 Å². The predicted octanol–water partition coefficient (Wildman–Crippen LogP) is 3.74. The molecule has 6 nitrogen and oxygen atoms in total. The van der Waals surface area contributed by atoms with Gasteiger partial charge in [0.25, 0.3) is 0 Å². The molecule has 0 aliphatic heterocycles. The Morgan fingerprint density at radius 2 is 1.72 bits per heavy atom. The number of hydrogen-bond donors (Lipinski definition) is 2. The van der Waals surface area contributed by atoms with Crippen molar-refractivity contribution in [2.45, 2.75) is 39.2 Å². The zero-order chi connectivity index (χ0) is 21.2. The highest BCUT2D eigenvalue weighted by Gasteiger charge is 2.18. The SMILES string of the molecule is COc1ccc(C(NC(=O)CCNC(=O)CCC(=O)c2cccs2)C(C)C)cc1. The molecule has 2 N–H and O–H groups in total. The Hall–Kier alpha value is -2.67. The van der Waals surface area contributed by atoms with Gasteiger partial charge in [-0.05, 0) is 35.1 Å². The summed E-state index contributed by atoms with van der Waals surface area (Å²) < 4.78 is 5.17. The van der Waals surface area contributed by atoms with E-state index < -0.39 is 0 Å². The minimum Gasteiger partial charge on any atom is -0.497 e. The first-order valence-electron chi connectivity index (χ1n) is 9.67. The van der Waals surface area contributed by atoms with Crippen molar-refractivity contribution in [2.24, 2.45) is 5.92 Å². The van der Waals surface area contributed by atoms with Crippen molar-refractivity contribution in [1.82, 2.24) is 10.6 Å². The van der Waals surface area contributed by atoms with Gasteiger partial charge in [-0.1, -0.05) is 32.0 Å². The molecule has 2 rings (SSSR count). The average molecular weight is 417 g/mol. The van der Waals surface area contributed by atoms with Crippen molar-refractivity contribution < 1.29 is 19.1 Å². The maximum absolute atomic E-state index is 12.3. The van der Waals surface area contributed by atoms with Crippen LogP contribution in [0.15, 0.2) is 41.8 Å². The second-order valence-electron chi connectivity index (χ2n) is 7.06. The fourth-order valence-corrected chi connectivity index (χ4v) is 3.58. The Bertz CT molecular complexity index is 801. The summed E-state index contributed by atoms with van der Waals surface area (Å²) in [4.78, 5) is 36.8. The number of carbonyl (C=O) groups is 3. The van der Waals surface area contributed by atoms with Crippen molar-refractivity contribution in [3.63, 3.8) is 0 Å². The van der Waals surface area contributed by atoms with Crippen LogP contribution in [0.1, 0.15) is 54.4 Å². The molecule has 0 bridgehead atoms. The lowest BCUT2D eigenvalue weighted by molar-refractivity contribution is -0.123. The van der Waals surface area contributed by atoms with E-state index in [0.29, 0.717) is 4.88 Å². The van der Waals surface area contributed by atoms with Crippen LogP contribution in [0.25, 0.3) is 0 Å². The van der Waals surface area contributed by atoms with E-state index in [1.807, 2.05) is 49.6 Å². The number of Topliss-reactive ketones (excluding diaryl/α,β-unsaturated/α-hetero) is 1. The summed E-state index contributed by atoms with van der Waals surface area (Å²) in [5.41, 5.74) is 1.00. The number of thiophene rings is 1. The molecule has 1 aromatic carbocycles. The smallest absolute Gasteiger partial charge is 0.222 e. The van der Waals surface area contributed by atoms with Crippen molar-refractivity contribution in [1.29, 1.82) is 0 Å². The molecule has 1 heterocycles. The maximum atomic E-state index is 12.3. The largest absolute Gasteiger partial charge is 0.497 e. The first-order valence-corrected chi connectivity index (χ1v) is 10.6. The number of nitrogens with one attached hydrogen (secondary N) is 2. The van der Waals surface area contributed by atoms with E-state index in [4.69, 9.17) is 4.74 Å². The summed E-state index contributed by atoms with van der Waals surface area (Å²) >= 11 is 1.37. The van der Waals surface area contributed by atoms with Gasteiger partial charge in [0.05, 0.1) is 18.0 Å². The molecule has 1 unspecified atom stereocenters. The van der Waals surface area contributed by atoms with E-state index in [1.165, 1.54) is 11.3 Å². The van der Waals surface area contributed by atoms with Crippen LogP contribution in [0, 0.1) is 5.92 Å². The number of carbonyl (C=O) groups excluding carboxylic acids is 3. The Morgan fingerprint density at radius 1 is 1.00 bits per heavy atom. The summed E-state index contributed by atoms with van der Waals surface area (Å²) in [5.74, 6) is 0.591. The maximum Gasteiger partial charge on any atom is 0.222 e. The van der Waals surface area contributed by atoms with Gasteiger partial charge >= 0.3 is 0 Å². The molecule has 0 radical (unpaired) electrons. The second kappa shape index (κ2) is 11.4. The summed E-state index contributed by atoms with van der Waals surface area (Å²) in [6.07, 6.45) is 0.480. The molecule has 0 aliphatic carbocycles. The van der Waals surface area contributed by atoms with Gasteiger partial charge in [0.2, 0.25) is 11.8 Å². The molecule has 0 fully saturated rings. The van der Waals surface area contributed by atoms with Crippen molar-refractivity contribution in [3.8, 4) is 5.75 Å². The third-order valence-electron chi connectivity index (χ3n) is 4.51. The molecular formula is C22H28N2O4S. The highest BCUT2D eigenvalue weighted by Crippen LogP contribution is 2.24. The van der Waals surface area contributed by atoms with E-state index >= 15 is 0 Å². The lowest BCUT2D eigenvalue weighted by Gasteiger charge is -2.23. The normalized spacial score (nSPS) is 11.7. The molecule has 1 aromatic heterocycles. The van der Waals surface area contributed by atoms with Crippen LogP contribution in [-0.4, -0.2) is 31.3 Å². The lowest BCUT2D eigenvalue weighted by atomic mass is 9.96. The van der Waals surface area contributed by atoms with Crippen LogP contribution in [0.4, 0.5) is 0 Å². The Morgan fingerprint density at radius 3 is 2.31 bits per heavy atom. The first kappa shape index (κ1) is 22.6. The third kappa shape index (κ3) is 7.34. The number of hydrogen-bond acceptors (Lipinski definition) is 5. The van der Waals surface area contributed by atoms with Crippen LogP contribution in [0.5, 0.6) is 5.75 Å².